The smallest absolute Gasteiger partial charge is 0.360 e. The molecule has 5 nitrogen and oxygen atoms in total. The molecule has 25 heavy (non-hydrogen) atoms. The SMILES string of the molecule is CCCOC(=O)c1nc2ccccc2nc1NCc1ccc(C)cc1. The van der Waals surface area contributed by atoms with Gasteiger partial charge in [0.05, 0.1) is 17.6 Å². The van der Waals surface area contributed by atoms with Crippen molar-refractivity contribution in [3.8, 4) is 0 Å². The lowest BCUT2D eigenvalue weighted by molar-refractivity contribution is 0.0499. The van der Waals surface area contributed by atoms with Gasteiger partial charge in [-0.2, -0.15) is 0 Å². The fourth-order valence-corrected chi connectivity index (χ4v) is 2.42. The van der Waals surface area contributed by atoms with Crippen molar-refractivity contribution in [2.24, 2.45) is 0 Å². The molecule has 0 aliphatic rings. The van der Waals surface area contributed by atoms with E-state index in [1.807, 2.05) is 50.2 Å². The Hall–Kier alpha value is -2.95. The van der Waals surface area contributed by atoms with Crippen LogP contribution in [0.15, 0.2) is 48.5 Å². The van der Waals surface area contributed by atoms with E-state index in [-0.39, 0.29) is 5.69 Å². The molecule has 0 amide bonds. The number of carbonyl (C=O) groups excluding carboxylic acids is 1. The Morgan fingerprint density at radius 1 is 1.04 bits per heavy atom. The van der Waals surface area contributed by atoms with Crippen molar-refractivity contribution in [3.05, 3.63) is 65.4 Å². The molecule has 0 saturated heterocycles. The second-order valence-electron chi connectivity index (χ2n) is 5.88. The first-order valence-corrected chi connectivity index (χ1v) is 8.40. The molecule has 1 heterocycles. The number of esters is 1. The fraction of sp³-hybridized carbons (Fsp3) is 0.250. The van der Waals surface area contributed by atoms with Gasteiger partial charge in [-0.15, -0.1) is 0 Å². The number of anilines is 1. The summed E-state index contributed by atoms with van der Waals surface area (Å²) in [5, 5.41) is 3.22. The summed E-state index contributed by atoms with van der Waals surface area (Å²) in [7, 11) is 0. The van der Waals surface area contributed by atoms with E-state index in [1.54, 1.807) is 0 Å². The highest BCUT2D eigenvalue weighted by atomic mass is 16.5. The van der Waals surface area contributed by atoms with Gasteiger partial charge in [0.2, 0.25) is 0 Å². The molecule has 5 heteroatoms. The van der Waals surface area contributed by atoms with Crippen LogP contribution in [0.3, 0.4) is 0 Å². The van der Waals surface area contributed by atoms with Crippen LogP contribution in [0.25, 0.3) is 11.0 Å². The maximum absolute atomic E-state index is 12.4. The van der Waals surface area contributed by atoms with Crippen LogP contribution < -0.4 is 5.32 Å². The molecule has 0 atom stereocenters. The molecule has 128 valence electrons. The standard InChI is InChI=1S/C20H21N3O2/c1-3-12-25-20(24)18-19(21-13-15-10-8-14(2)9-11-15)23-17-7-5-4-6-16(17)22-18/h4-11H,3,12-13H2,1-2H3,(H,21,23). The topological polar surface area (TPSA) is 64.1 Å². The number of benzene rings is 2. The highest BCUT2D eigenvalue weighted by molar-refractivity contribution is 5.95. The molecule has 0 radical (unpaired) electrons. The van der Waals surface area contributed by atoms with Gasteiger partial charge in [-0.3, -0.25) is 0 Å². The highest BCUT2D eigenvalue weighted by Crippen LogP contribution is 2.19. The normalized spacial score (nSPS) is 10.6. The van der Waals surface area contributed by atoms with Crippen molar-refractivity contribution in [3.63, 3.8) is 0 Å². The summed E-state index contributed by atoms with van der Waals surface area (Å²) < 4.78 is 5.25. The number of nitrogens with zero attached hydrogens (tertiary/aromatic N) is 2. The van der Waals surface area contributed by atoms with E-state index in [2.05, 4.69) is 27.4 Å². The summed E-state index contributed by atoms with van der Waals surface area (Å²) in [5.74, 6) is -0.00751. The number of fused-ring (bicyclic) bond motifs is 1. The van der Waals surface area contributed by atoms with Gasteiger partial charge in [-0.25, -0.2) is 14.8 Å². The maximum Gasteiger partial charge on any atom is 0.360 e. The molecule has 0 saturated carbocycles. The number of hydrogen-bond acceptors (Lipinski definition) is 5. The van der Waals surface area contributed by atoms with Gasteiger partial charge in [-0.1, -0.05) is 48.9 Å². The zero-order chi connectivity index (χ0) is 17.6. The summed E-state index contributed by atoms with van der Waals surface area (Å²) in [5.41, 5.74) is 3.94. The minimum Gasteiger partial charge on any atom is -0.461 e. The highest BCUT2D eigenvalue weighted by Gasteiger charge is 2.17. The summed E-state index contributed by atoms with van der Waals surface area (Å²) >= 11 is 0. The summed E-state index contributed by atoms with van der Waals surface area (Å²) in [4.78, 5) is 21.4. The Labute approximate surface area is 147 Å². The van der Waals surface area contributed by atoms with Crippen LogP contribution in [0, 0.1) is 6.92 Å². The van der Waals surface area contributed by atoms with Crippen LogP contribution >= 0.6 is 0 Å². The van der Waals surface area contributed by atoms with Crippen molar-refractivity contribution in [2.45, 2.75) is 26.8 Å². The molecule has 3 aromatic rings. The predicted octanol–water partition coefficient (Wildman–Crippen LogP) is 4.12. The molecular weight excluding hydrogens is 314 g/mol. The second kappa shape index (κ2) is 7.75. The largest absolute Gasteiger partial charge is 0.461 e. The van der Waals surface area contributed by atoms with E-state index < -0.39 is 5.97 Å². The Morgan fingerprint density at radius 2 is 1.72 bits per heavy atom. The minimum atomic E-state index is -0.452. The molecule has 0 fully saturated rings. The third-order valence-electron chi connectivity index (χ3n) is 3.78. The van der Waals surface area contributed by atoms with E-state index in [4.69, 9.17) is 4.74 Å². The number of aryl methyl sites for hydroxylation is 1. The monoisotopic (exact) mass is 335 g/mol. The van der Waals surface area contributed by atoms with Gasteiger partial charge in [0.1, 0.15) is 0 Å². The van der Waals surface area contributed by atoms with Crippen LogP contribution in [-0.2, 0) is 11.3 Å². The van der Waals surface area contributed by atoms with Crippen molar-refractivity contribution in [2.75, 3.05) is 11.9 Å². The number of aromatic nitrogens is 2. The molecule has 3 rings (SSSR count). The van der Waals surface area contributed by atoms with Gasteiger partial charge in [0.25, 0.3) is 0 Å². The average molecular weight is 335 g/mol. The first-order valence-electron chi connectivity index (χ1n) is 8.40. The zero-order valence-electron chi connectivity index (χ0n) is 14.5. The van der Waals surface area contributed by atoms with E-state index in [1.165, 1.54) is 5.56 Å². The number of carbonyl (C=O) groups is 1. The van der Waals surface area contributed by atoms with Gasteiger partial charge in [-0.05, 0) is 31.0 Å². The number of nitrogens with one attached hydrogen (secondary N) is 1. The maximum atomic E-state index is 12.4. The third-order valence-corrected chi connectivity index (χ3v) is 3.78. The van der Waals surface area contributed by atoms with E-state index in [0.717, 1.165) is 17.5 Å². The average Bonchev–Trinajstić information content (AvgIpc) is 2.65. The first kappa shape index (κ1) is 16.9. The Morgan fingerprint density at radius 3 is 2.40 bits per heavy atom. The summed E-state index contributed by atoms with van der Waals surface area (Å²) in [6, 6.07) is 15.7. The van der Waals surface area contributed by atoms with Crippen LogP contribution in [0.1, 0.15) is 35.0 Å². The molecule has 0 unspecified atom stereocenters. The molecular formula is C20H21N3O2. The minimum absolute atomic E-state index is 0.222. The molecule has 0 aliphatic heterocycles. The van der Waals surface area contributed by atoms with Crippen LogP contribution in [0.5, 0.6) is 0 Å². The van der Waals surface area contributed by atoms with Gasteiger partial charge >= 0.3 is 5.97 Å². The molecule has 0 aliphatic carbocycles. The Balaban J connectivity index is 1.90. The fourth-order valence-electron chi connectivity index (χ4n) is 2.42. The van der Waals surface area contributed by atoms with E-state index >= 15 is 0 Å². The van der Waals surface area contributed by atoms with Crippen molar-refractivity contribution in [1.82, 2.24) is 9.97 Å². The summed E-state index contributed by atoms with van der Waals surface area (Å²) in [6.07, 6.45) is 0.763. The molecule has 2 aromatic carbocycles. The number of rotatable bonds is 6. The van der Waals surface area contributed by atoms with Gasteiger partial charge in [0.15, 0.2) is 11.5 Å². The lowest BCUT2D eigenvalue weighted by Crippen LogP contribution is -2.14. The van der Waals surface area contributed by atoms with Crippen LogP contribution in [-0.4, -0.2) is 22.5 Å². The van der Waals surface area contributed by atoms with Crippen molar-refractivity contribution >= 4 is 22.8 Å². The van der Waals surface area contributed by atoms with Gasteiger partial charge in [0, 0.05) is 6.54 Å². The molecule has 1 aromatic heterocycles. The van der Waals surface area contributed by atoms with Gasteiger partial charge < -0.3 is 10.1 Å². The van der Waals surface area contributed by atoms with E-state index in [0.29, 0.717) is 24.5 Å². The molecule has 0 bridgehead atoms. The predicted molar refractivity (Wildman–Crippen MR) is 98.6 cm³/mol. The third kappa shape index (κ3) is 4.12. The van der Waals surface area contributed by atoms with Crippen molar-refractivity contribution < 1.29 is 9.53 Å². The Kier molecular flexibility index (Phi) is 5.23. The Bertz CT molecular complexity index is 876. The molecule has 1 N–H and O–H groups in total. The van der Waals surface area contributed by atoms with E-state index in [9.17, 15) is 4.79 Å². The number of hydrogen-bond donors (Lipinski definition) is 1. The van der Waals surface area contributed by atoms with Crippen LogP contribution in [0.4, 0.5) is 5.82 Å². The quantitative estimate of drug-likeness (QED) is 0.687. The zero-order valence-corrected chi connectivity index (χ0v) is 14.5. The summed E-state index contributed by atoms with van der Waals surface area (Å²) in [6.45, 7) is 4.93. The van der Waals surface area contributed by atoms with Crippen LogP contribution in [0.2, 0.25) is 0 Å². The first-order chi connectivity index (χ1) is 12.2. The molecule has 0 spiro atoms. The second-order valence-corrected chi connectivity index (χ2v) is 5.88. The number of ether oxygens (including phenoxy) is 1. The number of para-hydroxylation sites is 2. The lowest BCUT2D eigenvalue weighted by Gasteiger charge is -2.11. The lowest BCUT2D eigenvalue weighted by atomic mass is 10.1. The van der Waals surface area contributed by atoms with Crippen molar-refractivity contribution in [1.29, 1.82) is 0 Å².